The second-order valence-electron chi connectivity index (χ2n) is 1.11. The fourth-order valence-electron chi connectivity index (χ4n) is 0. The van der Waals surface area contributed by atoms with Crippen molar-refractivity contribution in [3.8, 4) is 0 Å². The first-order valence-corrected chi connectivity index (χ1v) is 1.66. The Balaban J connectivity index is 0. The summed E-state index contributed by atoms with van der Waals surface area (Å²) in [6, 6.07) is 0. The number of ketones is 2. The zero-order valence-corrected chi connectivity index (χ0v) is 4.22. The monoisotopic (exact) mass is 106 g/mol. The zero-order chi connectivity index (χ0) is 5.15. The fraction of sp³-hybridized carbons (Fsp3) is 0.500. The van der Waals surface area contributed by atoms with Crippen molar-refractivity contribution in [2.75, 3.05) is 0 Å². The van der Waals surface area contributed by atoms with Crippen LogP contribution in [0.15, 0.2) is 0 Å². The van der Waals surface area contributed by atoms with Crippen LogP contribution in [-0.2, 0) is 9.59 Å². The summed E-state index contributed by atoms with van der Waals surface area (Å²) in [4.78, 5) is 19.6. The summed E-state index contributed by atoms with van der Waals surface area (Å²) in [5.41, 5.74) is 0. The molecule has 0 aromatic heterocycles. The van der Waals surface area contributed by atoms with Gasteiger partial charge in [0.2, 0.25) is 0 Å². The average Bonchev–Trinajstić information content (AvgIpc) is 1.36. The van der Waals surface area contributed by atoms with E-state index in [4.69, 9.17) is 0 Å². The molecular formula is C4H7FO2. The van der Waals surface area contributed by atoms with Crippen molar-refractivity contribution in [3.63, 3.8) is 0 Å². The van der Waals surface area contributed by atoms with E-state index in [1.54, 1.807) is 0 Å². The molecule has 0 bridgehead atoms. The van der Waals surface area contributed by atoms with Gasteiger partial charge in [-0.05, 0) is 0 Å². The molecule has 2 nitrogen and oxygen atoms in total. The molecule has 0 saturated carbocycles. The molecule has 0 aliphatic carbocycles. The molecule has 0 amide bonds. The molecule has 0 N–H and O–H groups in total. The van der Waals surface area contributed by atoms with Gasteiger partial charge in [-0.2, -0.15) is 0 Å². The highest BCUT2D eigenvalue weighted by molar-refractivity contribution is 6.35. The lowest BCUT2D eigenvalue weighted by molar-refractivity contribution is -0.134. The molecule has 0 saturated heterocycles. The van der Waals surface area contributed by atoms with E-state index in [1.807, 2.05) is 0 Å². The minimum Gasteiger partial charge on any atom is -0.291 e. The van der Waals surface area contributed by atoms with E-state index in [-0.39, 0.29) is 16.3 Å². The maximum Gasteiger partial charge on any atom is 0.195 e. The van der Waals surface area contributed by atoms with Crippen molar-refractivity contribution in [1.82, 2.24) is 0 Å². The number of rotatable bonds is 1. The molecule has 0 unspecified atom stereocenters. The summed E-state index contributed by atoms with van der Waals surface area (Å²) >= 11 is 0. The Morgan fingerprint density at radius 2 is 1.14 bits per heavy atom. The molecule has 42 valence electrons. The number of Topliss-reactive ketones (excluding diaryl/α,β-unsaturated/α-hetero) is 2. The van der Waals surface area contributed by atoms with Gasteiger partial charge in [-0.3, -0.25) is 14.3 Å². The van der Waals surface area contributed by atoms with Gasteiger partial charge >= 0.3 is 0 Å². The van der Waals surface area contributed by atoms with Gasteiger partial charge in [0.15, 0.2) is 11.6 Å². The van der Waals surface area contributed by atoms with Crippen molar-refractivity contribution in [2.45, 2.75) is 13.8 Å². The van der Waals surface area contributed by atoms with Gasteiger partial charge in [-0.1, -0.05) is 0 Å². The topological polar surface area (TPSA) is 34.1 Å². The normalized spacial score (nSPS) is 6.57. The first-order chi connectivity index (χ1) is 2.64. The lowest BCUT2D eigenvalue weighted by Gasteiger charge is -1.73. The highest BCUT2D eigenvalue weighted by Crippen LogP contribution is 1.66. The summed E-state index contributed by atoms with van der Waals surface area (Å²) in [5, 5.41) is 0. The Labute approximate surface area is 40.9 Å². The van der Waals surface area contributed by atoms with Gasteiger partial charge in [0.25, 0.3) is 0 Å². The van der Waals surface area contributed by atoms with E-state index in [0.717, 1.165) is 0 Å². The molecule has 0 atom stereocenters. The molecule has 0 aliphatic rings. The van der Waals surface area contributed by atoms with E-state index in [9.17, 15) is 9.59 Å². The molecule has 3 heteroatoms. The molecule has 0 rings (SSSR count). The summed E-state index contributed by atoms with van der Waals surface area (Å²) in [7, 11) is 0. The highest BCUT2D eigenvalue weighted by atomic mass is 19.0. The third-order valence-corrected chi connectivity index (χ3v) is 0.496. The Hall–Kier alpha value is -0.730. The third-order valence-electron chi connectivity index (χ3n) is 0.496. The molecule has 0 aliphatic heterocycles. The van der Waals surface area contributed by atoms with Crippen LogP contribution in [0.25, 0.3) is 0 Å². The molecular weight excluding hydrogens is 99.0 g/mol. The number of hydrogen-bond acceptors (Lipinski definition) is 2. The van der Waals surface area contributed by atoms with Gasteiger partial charge < -0.3 is 0 Å². The van der Waals surface area contributed by atoms with Crippen molar-refractivity contribution >= 4 is 11.6 Å². The molecule has 7 heavy (non-hydrogen) atoms. The van der Waals surface area contributed by atoms with Crippen LogP contribution in [0.1, 0.15) is 13.8 Å². The number of halogens is 1. The fourth-order valence-corrected chi connectivity index (χ4v) is 0. The average molecular weight is 106 g/mol. The van der Waals surface area contributed by atoms with Crippen LogP contribution in [0, 0.1) is 0 Å². The molecule has 0 radical (unpaired) electrons. The third kappa shape index (κ3) is 5.27. The van der Waals surface area contributed by atoms with Crippen molar-refractivity contribution < 1.29 is 14.3 Å². The Morgan fingerprint density at radius 3 is 1.14 bits per heavy atom. The van der Waals surface area contributed by atoms with E-state index >= 15 is 0 Å². The van der Waals surface area contributed by atoms with E-state index in [1.165, 1.54) is 13.8 Å². The summed E-state index contributed by atoms with van der Waals surface area (Å²) in [6.45, 7) is 2.50. The minimum absolute atomic E-state index is 0. The highest BCUT2D eigenvalue weighted by Gasteiger charge is 1.94. The molecule has 0 fully saturated rings. The lowest BCUT2D eigenvalue weighted by Crippen LogP contribution is -2.01. The van der Waals surface area contributed by atoms with Crippen LogP contribution in [0.2, 0.25) is 0 Å². The Morgan fingerprint density at radius 1 is 1.00 bits per heavy atom. The van der Waals surface area contributed by atoms with Crippen LogP contribution in [-0.4, -0.2) is 11.6 Å². The van der Waals surface area contributed by atoms with E-state index < -0.39 is 0 Å². The van der Waals surface area contributed by atoms with Gasteiger partial charge in [-0.25, -0.2) is 0 Å². The van der Waals surface area contributed by atoms with Crippen LogP contribution >= 0.6 is 0 Å². The van der Waals surface area contributed by atoms with Gasteiger partial charge in [-0.15, -0.1) is 0 Å². The smallest absolute Gasteiger partial charge is 0.195 e. The number of carbonyl (C=O) groups excluding carboxylic acids is 2. The predicted molar refractivity (Wildman–Crippen MR) is 23.9 cm³/mol. The molecule has 0 heterocycles. The largest absolute Gasteiger partial charge is 0.291 e. The second kappa shape index (κ2) is 3.46. The van der Waals surface area contributed by atoms with E-state index in [0.29, 0.717) is 0 Å². The van der Waals surface area contributed by atoms with E-state index in [2.05, 4.69) is 0 Å². The maximum atomic E-state index is 9.79. The lowest BCUT2D eigenvalue weighted by atomic mass is 10.3. The summed E-state index contributed by atoms with van der Waals surface area (Å²) in [6.07, 6.45) is 0. The van der Waals surface area contributed by atoms with Gasteiger partial charge in [0.05, 0.1) is 0 Å². The van der Waals surface area contributed by atoms with Gasteiger partial charge in [0, 0.05) is 13.8 Å². The Kier molecular flexibility index (Phi) is 4.72. The molecule has 0 spiro atoms. The first-order valence-electron chi connectivity index (χ1n) is 1.66. The molecule has 0 aromatic carbocycles. The standard InChI is InChI=1S/C4H6O2.FH/c1-3(5)4(2)6;/h1-2H3;1H. The van der Waals surface area contributed by atoms with Crippen LogP contribution in [0.3, 0.4) is 0 Å². The zero-order valence-electron chi connectivity index (χ0n) is 4.22. The quantitative estimate of drug-likeness (QED) is 0.451. The SMILES string of the molecule is CC(=O)C(C)=O.F. The number of hydrogen-bond donors (Lipinski definition) is 0. The summed E-state index contributed by atoms with van der Waals surface area (Å²) in [5.74, 6) is -0.759. The minimum atomic E-state index is -0.380. The van der Waals surface area contributed by atoms with Crippen molar-refractivity contribution in [3.05, 3.63) is 0 Å². The van der Waals surface area contributed by atoms with Gasteiger partial charge in [0.1, 0.15) is 0 Å². The van der Waals surface area contributed by atoms with Crippen LogP contribution in [0.5, 0.6) is 0 Å². The van der Waals surface area contributed by atoms with Crippen molar-refractivity contribution in [1.29, 1.82) is 0 Å². The molecule has 0 aromatic rings. The first kappa shape index (κ1) is 9.55. The predicted octanol–water partition coefficient (Wildman–Crippen LogP) is 0.317. The van der Waals surface area contributed by atoms with Crippen molar-refractivity contribution in [2.24, 2.45) is 0 Å². The summed E-state index contributed by atoms with van der Waals surface area (Å²) < 4.78 is 0. The Bertz CT molecular complexity index is 75.7. The van der Waals surface area contributed by atoms with Crippen LogP contribution < -0.4 is 0 Å². The maximum absolute atomic E-state index is 9.79. The second-order valence-corrected chi connectivity index (χ2v) is 1.11. The number of carbonyl (C=O) groups is 2. The van der Waals surface area contributed by atoms with Crippen LogP contribution in [0.4, 0.5) is 4.70 Å².